The topological polar surface area (TPSA) is 92.5 Å². The number of carbonyl (C=O) groups is 1. The van der Waals surface area contributed by atoms with E-state index in [2.05, 4.69) is 5.32 Å². The second-order valence-electron chi connectivity index (χ2n) is 4.35. The van der Waals surface area contributed by atoms with Gasteiger partial charge in [-0.3, -0.25) is 14.9 Å². The molecule has 0 saturated heterocycles. The van der Waals surface area contributed by atoms with E-state index in [1.54, 1.807) is 19.1 Å². The fourth-order valence-corrected chi connectivity index (χ4v) is 1.79. The van der Waals surface area contributed by atoms with Crippen LogP contribution in [0.5, 0.6) is 0 Å². The average Bonchev–Trinajstić information content (AvgIpc) is 2.38. The molecule has 6 nitrogen and oxygen atoms in total. The van der Waals surface area contributed by atoms with E-state index in [4.69, 9.17) is 5.11 Å². The van der Waals surface area contributed by atoms with Crippen molar-refractivity contribution in [3.63, 3.8) is 0 Å². The molecule has 0 spiro atoms. The smallest absolute Gasteiger partial charge is 0.272 e. The summed E-state index contributed by atoms with van der Waals surface area (Å²) >= 11 is 0. The summed E-state index contributed by atoms with van der Waals surface area (Å²) in [6.45, 7) is 3.38. The molecular weight excluding hydrogens is 248 g/mol. The zero-order chi connectivity index (χ0) is 14.4. The molecule has 0 fully saturated rings. The molecule has 1 aromatic rings. The molecule has 1 aromatic carbocycles. The van der Waals surface area contributed by atoms with Crippen molar-refractivity contribution in [2.45, 2.75) is 32.7 Å². The second-order valence-corrected chi connectivity index (χ2v) is 4.35. The number of nitrogens with zero attached hydrogens (tertiary/aromatic N) is 1. The number of aliphatic hydroxyl groups is 1. The molecule has 0 aliphatic rings. The monoisotopic (exact) mass is 266 g/mol. The number of carbonyl (C=O) groups excluding carboxylic acids is 1. The van der Waals surface area contributed by atoms with Gasteiger partial charge in [0.2, 0.25) is 5.91 Å². The Morgan fingerprint density at radius 1 is 1.53 bits per heavy atom. The minimum atomic E-state index is -0.459. The van der Waals surface area contributed by atoms with Gasteiger partial charge in [0, 0.05) is 11.6 Å². The first-order chi connectivity index (χ1) is 8.99. The third-order valence-electron chi connectivity index (χ3n) is 3.04. The van der Waals surface area contributed by atoms with Gasteiger partial charge in [-0.2, -0.15) is 0 Å². The molecule has 104 valence electrons. The highest BCUT2D eigenvalue weighted by Gasteiger charge is 2.16. The molecule has 19 heavy (non-hydrogen) atoms. The van der Waals surface area contributed by atoms with Gasteiger partial charge in [0.1, 0.15) is 0 Å². The number of hydrogen-bond donors (Lipinski definition) is 2. The van der Waals surface area contributed by atoms with Crippen molar-refractivity contribution in [3.05, 3.63) is 39.4 Å². The molecule has 1 unspecified atom stereocenters. The molecule has 1 atom stereocenters. The van der Waals surface area contributed by atoms with Crippen LogP contribution in [0, 0.1) is 17.0 Å². The molecule has 0 saturated carbocycles. The Balaban J connectivity index is 2.80. The maximum atomic E-state index is 11.8. The van der Waals surface area contributed by atoms with Crippen molar-refractivity contribution in [2.75, 3.05) is 6.61 Å². The summed E-state index contributed by atoms with van der Waals surface area (Å²) in [5.41, 5.74) is 1.14. The van der Waals surface area contributed by atoms with Crippen LogP contribution in [0.15, 0.2) is 18.2 Å². The first-order valence-electron chi connectivity index (χ1n) is 6.12. The molecular formula is C13H18N2O4. The van der Waals surface area contributed by atoms with Crippen LogP contribution < -0.4 is 5.32 Å². The Kier molecular flexibility index (Phi) is 5.44. The molecule has 0 heterocycles. The Bertz CT molecular complexity index is 470. The summed E-state index contributed by atoms with van der Waals surface area (Å²) in [6.07, 6.45) is 0.709. The number of amides is 1. The predicted octanol–water partition coefficient (Wildman–Crippen LogP) is 1.33. The van der Waals surface area contributed by atoms with E-state index in [1.807, 2.05) is 6.92 Å². The molecule has 0 aliphatic heterocycles. The van der Waals surface area contributed by atoms with Crippen LogP contribution in [0.2, 0.25) is 0 Å². The molecule has 0 aromatic heterocycles. The third-order valence-corrected chi connectivity index (χ3v) is 3.04. The van der Waals surface area contributed by atoms with Crippen LogP contribution >= 0.6 is 0 Å². The maximum Gasteiger partial charge on any atom is 0.272 e. The van der Waals surface area contributed by atoms with E-state index in [1.165, 1.54) is 6.07 Å². The van der Waals surface area contributed by atoms with E-state index in [0.717, 1.165) is 0 Å². The molecule has 1 rings (SSSR count). The van der Waals surface area contributed by atoms with Gasteiger partial charge in [-0.1, -0.05) is 19.1 Å². The van der Waals surface area contributed by atoms with Gasteiger partial charge >= 0.3 is 0 Å². The standard InChI is InChI=1S/C13H18N2O4/c1-3-11(8-16)14-13(17)7-10-5-4-6-12(9(10)2)15(18)19/h4-6,11,16H,3,7-8H2,1-2H3,(H,14,17). The van der Waals surface area contributed by atoms with E-state index < -0.39 is 4.92 Å². The van der Waals surface area contributed by atoms with Crippen LogP contribution in [0.1, 0.15) is 24.5 Å². The second kappa shape index (κ2) is 6.84. The lowest BCUT2D eigenvalue weighted by molar-refractivity contribution is -0.385. The van der Waals surface area contributed by atoms with Gasteiger partial charge < -0.3 is 10.4 Å². The number of hydrogen-bond acceptors (Lipinski definition) is 4. The van der Waals surface area contributed by atoms with E-state index >= 15 is 0 Å². The highest BCUT2D eigenvalue weighted by atomic mass is 16.6. The van der Waals surface area contributed by atoms with Crippen molar-refractivity contribution < 1.29 is 14.8 Å². The van der Waals surface area contributed by atoms with Gasteiger partial charge in [0.25, 0.3) is 5.69 Å². The fraction of sp³-hybridized carbons (Fsp3) is 0.462. The normalized spacial score (nSPS) is 11.9. The van der Waals surface area contributed by atoms with Crippen LogP contribution in [0.25, 0.3) is 0 Å². The summed E-state index contributed by atoms with van der Waals surface area (Å²) in [5.74, 6) is -0.246. The lowest BCUT2D eigenvalue weighted by Crippen LogP contribution is -2.37. The molecule has 0 radical (unpaired) electrons. The van der Waals surface area contributed by atoms with E-state index in [9.17, 15) is 14.9 Å². The fourth-order valence-electron chi connectivity index (χ4n) is 1.79. The first-order valence-corrected chi connectivity index (χ1v) is 6.12. The SMILES string of the molecule is CCC(CO)NC(=O)Cc1cccc([N+](=O)[O-])c1C. The number of nitro groups is 1. The predicted molar refractivity (Wildman–Crippen MR) is 70.8 cm³/mol. The summed E-state index contributed by atoms with van der Waals surface area (Å²) in [4.78, 5) is 22.1. The van der Waals surface area contributed by atoms with Gasteiger partial charge in [0.15, 0.2) is 0 Å². The number of benzene rings is 1. The third kappa shape index (κ3) is 4.03. The number of rotatable bonds is 6. The van der Waals surface area contributed by atoms with Crippen molar-refractivity contribution in [2.24, 2.45) is 0 Å². The van der Waals surface area contributed by atoms with Crippen molar-refractivity contribution in [1.29, 1.82) is 0 Å². The summed E-state index contributed by atoms with van der Waals surface area (Å²) in [7, 11) is 0. The lowest BCUT2D eigenvalue weighted by Gasteiger charge is -2.14. The molecule has 0 aliphatic carbocycles. The summed E-state index contributed by atoms with van der Waals surface area (Å²) < 4.78 is 0. The van der Waals surface area contributed by atoms with Gasteiger partial charge in [-0.15, -0.1) is 0 Å². The lowest BCUT2D eigenvalue weighted by atomic mass is 10.0. The average molecular weight is 266 g/mol. The quantitative estimate of drug-likeness (QED) is 0.600. The van der Waals surface area contributed by atoms with Crippen molar-refractivity contribution >= 4 is 11.6 Å². The van der Waals surface area contributed by atoms with E-state index in [-0.39, 0.29) is 30.7 Å². The Morgan fingerprint density at radius 3 is 2.74 bits per heavy atom. The zero-order valence-corrected chi connectivity index (χ0v) is 11.0. The minimum absolute atomic E-state index is 0.0134. The maximum absolute atomic E-state index is 11.8. The van der Waals surface area contributed by atoms with E-state index in [0.29, 0.717) is 17.5 Å². The van der Waals surface area contributed by atoms with Crippen LogP contribution in [0.4, 0.5) is 5.69 Å². The van der Waals surface area contributed by atoms with Crippen LogP contribution in [-0.2, 0) is 11.2 Å². The minimum Gasteiger partial charge on any atom is -0.394 e. The zero-order valence-electron chi connectivity index (χ0n) is 11.0. The highest BCUT2D eigenvalue weighted by Crippen LogP contribution is 2.21. The first kappa shape index (κ1) is 15.1. The summed E-state index contributed by atoms with van der Waals surface area (Å²) in [6, 6.07) is 4.41. The highest BCUT2D eigenvalue weighted by molar-refractivity contribution is 5.79. The van der Waals surface area contributed by atoms with Crippen LogP contribution in [-0.4, -0.2) is 28.6 Å². The van der Waals surface area contributed by atoms with Crippen LogP contribution in [0.3, 0.4) is 0 Å². The molecule has 1 amide bonds. The van der Waals surface area contributed by atoms with Crippen molar-refractivity contribution in [1.82, 2.24) is 5.32 Å². The van der Waals surface area contributed by atoms with Gasteiger partial charge in [-0.25, -0.2) is 0 Å². The van der Waals surface area contributed by atoms with Gasteiger partial charge in [0.05, 0.1) is 24.0 Å². The van der Waals surface area contributed by atoms with Gasteiger partial charge in [-0.05, 0) is 18.9 Å². The number of nitro benzene ring substituents is 1. The largest absolute Gasteiger partial charge is 0.394 e. The van der Waals surface area contributed by atoms with Crippen molar-refractivity contribution in [3.8, 4) is 0 Å². The molecule has 0 bridgehead atoms. The Morgan fingerprint density at radius 2 is 2.21 bits per heavy atom. The molecule has 2 N–H and O–H groups in total. The summed E-state index contributed by atoms with van der Waals surface area (Å²) in [5, 5.41) is 22.5. The number of aliphatic hydroxyl groups excluding tert-OH is 1. The molecule has 6 heteroatoms. The Labute approximate surface area is 111 Å². The Hall–Kier alpha value is -1.95. The number of nitrogens with one attached hydrogen (secondary N) is 1.